The molecule has 1 N–H and O–H groups in total. The predicted octanol–water partition coefficient (Wildman–Crippen LogP) is 2.79. The zero-order chi connectivity index (χ0) is 12.3. The molecule has 1 heterocycles. The summed E-state index contributed by atoms with van der Waals surface area (Å²) < 4.78 is 0.733. The molecule has 0 aromatic carbocycles. The maximum Gasteiger partial charge on any atom is 0.148 e. The number of hydrogen-bond donors (Lipinski definition) is 1. The first-order valence-corrected chi connectivity index (χ1v) is 7.03. The van der Waals surface area contributed by atoms with Gasteiger partial charge in [-0.25, -0.2) is 9.97 Å². The van der Waals surface area contributed by atoms with Crippen LogP contribution in [0.25, 0.3) is 0 Å². The van der Waals surface area contributed by atoms with Gasteiger partial charge in [-0.2, -0.15) is 0 Å². The average Bonchev–Trinajstić information content (AvgIpc) is 3.14. The molecule has 1 saturated carbocycles. The highest BCUT2D eigenvalue weighted by Crippen LogP contribution is 2.27. The topological polar surface area (TPSA) is 41.0 Å². The van der Waals surface area contributed by atoms with Gasteiger partial charge in [-0.3, -0.25) is 4.90 Å². The van der Waals surface area contributed by atoms with Gasteiger partial charge in [-0.15, -0.1) is 0 Å². The summed E-state index contributed by atoms with van der Waals surface area (Å²) in [6.07, 6.45) is 4.15. The highest BCUT2D eigenvalue weighted by molar-refractivity contribution is 9.10. The van der Waals surface area contributed by atoms with Crippen LogP contribution in [0.3, 0.4) is 0 Å². The Bertz CT molecular complexity index is 384. The Kier molecular flexibility index (Phi) is 4.59. The van der Waals surface area contributed by atoms with Crippen molar-refractivity contribution in [2.45, 2.75) is 25.8 Å². The van der Waals surface area contributed by atoms with Gasteiger partial charge in [0.15, 0.2) is 0 Å². The molecule has 4 nitrogen and oxygen atoms in total. The molecule has 1 aromatic rings. The highest BCUT2D eigenvalue weighted by Gasteiger charge is 2.27. The number of nitrogens with one attached hydrogen (secondary N) is 1. The molecule has 0 unspecified atom stereocenters. The van der Waals surface area contributed by atoms with Crippen molar-refractivity contribution in [1.82, 2.24) is 14.9 Å². The van der Waals surface area contributed by atoms with Crippen molar-refractivity contribution in [1.29, 1.82) is 0 Å². The second kappa shape index (κ2) is 5.98. The molecule has 2 rings (SSSR count). The van der Waals surface area contributed by atoms with E-state index in [9.17, 15) is 0 Å². The van der Waals surface area contributed by atoms with Gasteiger partial charge in [0.05, 0.1) is 4.47 Å². The van der Waals surface area contributed by atoms with Crippen LogP contribution in [0.5, 0.6) is 0 Å². The smallest absolute Gasteiger partial charge is 0.148 e. The molecule has 0 bridgehead atoms. The summed E-state index contributed by atoms with van der Waals surface area (Å²) >= 11 is 9.27. The Labute approximate surface area is 115 Å². The standard InChI is InChI=1S/C11H16BrClN4/c1-2-17(8-3-4-8)6-5-14-11-9(12)10(13)15-7-16-11/h7-8H,2-6H2,1H3,(H,14,15,16). The summed E-state index contributed by atoms with van der Waals surface area (Å²) in [7, 11) is 0. The zero-order valence-electron chi connectivity index (χ0n) is 9.79. The lowest BCUT2D eigenvalue weighted by Crippen LogP contribution is -2.31. The Morgan fingerprint density at radius 3 is 2.94 bits per heavy atom. The van der Waals surface area contributed by atoms with Crippen molar-refractivity contribution in [3.8, 4) is 0 Å². The van der Waals surface area contributed by atoms with Crippen LogP contribution in [0.1, 0.15) is 19.8 Å². The largest absolute Gasteiger partial charge is 0.368 e. The Hall–Kier alpha value is -0.390. The molecule has 1 aliphatic rings. The fraction of sp³-hybridized carbons (Fsp3) is 0.636. The van der Waals surface area contributed by atoms with Crippen molar-refractivity contribution in [2.24, 2.45) is 0 Å². The molecule has 0 radical (unpaired) electrons. The van der Waals surface area contributed by atoms with E-state index in [2.05, 4.69) is 43.0 Å². The summed E-state index contributed by atoms with van der Waals surface area (Å²) in [6.45, 7) is 5.22. The van der Waals surface area contributed by atoms with Gasteiger partial charge >= 0.3 is 0 Å². The van der Waals surface area contributed by atoms with Crippen LogP contribution in [0, 0.1) is 0 Å². The second-order valence-electron chi connectivity index (χ2n) is 4.11. The molecule has 1 aromatic heterocycles. The van der Waals surface area contributed by atoms with Gasteiger partial charge in [0, 0.05) is 19.1 Å². The molecule has 0 saturated heterocycles. The molecule has 0 amide bonds. The lowest BCUT2D eigenvalue weighted by Gasteiger charge is -2.20. The first-order chi connectivity index (χ1) is 8.22. The van der Waals surface area contributed by atoms with E-state index >= 15 is 0 Å². The van der Waals surface area contributed by atoms with Crippen molar-refractivity contribution >= 4 is 33.3 Å². The van der Waals surface area contributed by atoms with E-state index in [4.69, 9.17) is 11.6 Å². The normalized spacial score (nSPS) is 15.3. The monoisotopic (exact) mass is 318 g/mol. The van der Waals surface area contributed by atoms with E-state index in [0.29, 0.717) is 5.15 Å². The third-order valence-corrected chi connectivity index (χ3v) is 4.17. The summed E-state index contributed by atoms with van der Waals surface area (Å²) in [5, 5.41) is 3.72. The van der Waals surface area contributed by atoms with Crippen molar-refractivity contribution in [3.05, 3.63) is 16.0 Å². The van der Waals surface area contributed by atoms with Gasteiger partial charge in [0.1, 0.15) is 17.3 Å². The van der Waals surface area contributed by atoms with Crippen LogP contribution < -0.4 is 5.32 Å². The van der Waals surface area contributed by atoms with Crippen LogP contribution in [0.15, 0.2) is 10.8 Å². The summed E-state index contributed by atoms with van der Waals surface area (Å²) in [5.74, 6) is 0.761. The lowest BCUT2D eigenvalue weighted by atomic mass is 10.4. The molecular weight excluding hydrogens is 304 g/mol. The van der Waals surface area contributed by atoms with Gasteiger partial charge in [0.25, 0.3) is 0 Å². The number of anilines is 1. The van der Waals surface area contributed by atoms with Crippen molar-refractivity contribution < 1.29 is 0 Å². The van der Waals surface area contributed by atoms with Gasteiger partial charge in [0.2, 0.25) is 0 Å². The van der Waals surface area contributed by atoms with Crippen LogP contribution in [0.2, 0.25) is 5.15 Å². The van der Waals surface area contributed by atoms with E-state index in [-0.39, 0.29) is 0 Å². The van der Waals surface area contributed by atoms with Crippen LogP contribution >= 0.6 is 27.5 Å². The predicted molar refractivity (Wildman–Crippen MR) is 73.5 cm³/mol. The molecule has 0 aliphatic heterocycles. The summed E-state index contributed by atoms with van der Waals surface area (Å²) in [6, 6.07) is 0.805. The van der Waals surface area contributed by atoms with E-state index < -0.39 is 0 Å². The number of halogens is 2. The maximum absolute atomic E-state index is 5.89. The first-order valence-electron chi connectivity index (χ1n) is 5.86. The number of hydrogen-bond acceptors (Lipinski definition) is 4. The van der Waals surface area contributed by atoms with Crippen LogP contribution in [0.4, 0.5) is 5.82 Å². The Morgan fingerprint density at radius 1 is 1.53 bits per heavy atom. The summed E-state index contributed by atoms with van der Waals surface area (Å²) in [4.78, 5) is 10.5. The van der Waals surface area contributed by atoms with Crippen molar-refractivity contribution in [2.75, 3.05) is 25.0 Å². The molecule has 6 heteroatoms. The molecule has 1 fully saturated rings. The molecule has 94 valence electrons. The molecule has 0 spiro atoms. The minimum Gasteiger partial charge on any atom is -0.368 e. The van der Waals surface area contributed by atoms with E-state index in [0.717, 1.165) is 36.0 Å². The van der Waals surface area contributed by atoms with Crippen LogP contribution in [-0.2, 0) is 0 Å². The molecule has 17 heavy (non-hydrogen) atoms. The first kappa shape index (κ1) is 13.1. The second-order valence-corrected chi connectivity index (χ2v) is 5.26. The van der Waals surface area contributed by atoms with E-state index in [1.54, 1.807) is 0 Å². The SMILES string of the molecule is CCN(CCNc1ncnc(Cl)c1Br)C1CC1. The lowest BCUT2D eigenvalue weighted by molar-refractivity contribution is 0.289. The third-order valence-electron chi connectivity index (χ3n) is 2.91. The minimum atomic E-state index is 0.442. The van der Waals surface area contributed by atoms with Gasteiger partial charge in [-0.05, 0) is 35.3 Å². The Balaban J connectivity index is 1.83. The number of rotatable bonds is 6. The van der Waals surface area contributed by atoms with Gasteiger partial charge in [-0.1, -0.05) is 18.5 Å². The molecule has 1 aliphatic carbocycles. The zero-order valence-corrected chi connectivity index (χ0v) is 12.1. The van der Waals surface area contributed by atoms with Crippen molar-refractivity contribution in [3.63, 3.8) is 0 Å². The minimum absolute atomic E-state index is 0.442. The number of likely N-dealkylation sites (N-methyl/N-ethyl adjacent to an activating group) is 1. The maximum atomic E-state index is 5.89. The molecular formula is C11H16BrClN4. The van der Waals surface area contributed by atoms with E-state index in [1.165, 1.54) is 19.2 Å². The number of aromatic nitrogens is 2. The fourth-order valence-corrected chi connectivity index (χ4v) is 2.31. The fourth-order valence-electron chi connectivity index (χ4n) is 1.83. The number of nitrogens with zero attached hydrogens (tertiary/aromatic N) is 3. The van der Waals surface area contributed by atoms with E-state index in [1.807, 2.05) is 0 Å². The van der Waals surface area contributed by atoms with Gasteiger partial charge < -0.3 is 5.32 Å². The quantitative estimate of drug-likeness (QED) is 0.819. The third kappa shape index (κ3) is 3.53. The van der Waals surface area contributed by atoms with Crippen LogP contribution in [-0.4, -0.2) is 40.5 Å². The molecule has 0 atom stereocenters. The summed E-state index contributed by atoms with van der Waals surface area (Å²) in [5.41, 5.74) is 0. The Morgan fingerprint density at radius 2 is 2.29 bits per heavy atom. The highest BCUT2D eigenvalue weighted by atomic mass is 79.9. The average molecular weight is 320 g/mol.